The lowest BCUT2D eigenvalue weighted by Gasteiger charge is -2.11. The van der Waals surface area contributed by atoms with Crippen LogP contribution in [0.3, 0.4) is 0 Å². The summed E-state index contributed by atoms with van der Waals surface area (Å²) < 4.78 is 0. The van der Waals surface area contributed by atoms with Crippen LogP contribution in [0.2, 0.25) is 0 Å². The predicted molar refractivity (Wildman–Crippen MR) is 61.3 cm³/mol. The molecule has 0 aliphatic heterocycles. The minimum Gasteiger partial charge on any atom is -0.397 e. The molecule has 1 atom stereocenters. The summed E-state index contributed by atoms with van der Waals surface area (Å²) in [6.45, 7) is 7.36. The molecule has 0 bridgehead atoms. The van der Waals surface area contributed by atoms with Gasteiger partial charge in [0.25, 0.3) is 0 Å². The van der Waals surface area contributed by atoms with Crippen molar-refractivity contribution in [2.45, 2.75) is 27.2 Å². The van der Waals surface area contributed by atoms with Gasteiger partial charge in [-0.25, -0.2) is 4.98 Å². The van der Waals surface area contributed by atoms with Crippen LogP contribution < -0.4 is 11.1 Å². The SMILES string of the molecule is CCC(C)CNc1cc(C)c(N)cn1. The third kappa shape index (κ3) is 2.91. The molecule has 0 radical (unpaired) electrons. The molecule has 3 heteroatoms. The Balaban J connectivity index is 2.55. The van der Waals surface area contributed by atoms with Crippen molar-refractivity contribution in [1.29, 1.82) is 0 Å². The van der Waals surface area contributed by atoms with E-state index < -0.39 is 0 Å². The topological polar surface area (TPSA) is 50.9 Å². The zero-order valence-electron chi connectivity index (χ0n) is 9.17. The number of nitrogens with two attached hydrogens (primary N) is 1. The van der Waals surface area contributed by atoms with E-state index in [1.807, 2.05) is 13.0 Å². The maximum absolute atomic E-state index is 5.68. The fourth-order valence-corrected chi connectivity index (χ4v) is 1.09. The van der Waals surface area contributed by atoms with Gasteiger partial charge in [0, 0.05) is 6.54 Å². The minimum absolute atomic E-state index is 0.676. The third-order valence-electron chi connectivity index (χ3n) is 2.48. The lowest BCUT2D eigenvalue weighted by atomic mass is 10.1. The summed E-state index contributed by atoms with van der Waals surface area (Å²) in [5.41, 5.74) is 7.51. The Morgan fingerprint density at radius 3 is 2.86 bits per heavy atom. The number of nitrogens with zero attached hydrogens (tertiary/aromatic N) is 1. The number of nitrogen functional groups attached to an aromatic ring is 1. The van der Waals surface area contributed by atoms with E-state index in [-0.39, 0.29) is 0 Å². The second-order valence-electron chi connectivity index (χ2n) is 3.82. The van der Waals surface area contributed by atoms with E-state index in [2.05, 4.69) is 24.1 Å². The normalized spacial score (nSPS) is 12.5. The maximum Gasteiger partial charge on any atom is 0.126 e. The molecule has 3 N–H and O–H groups in total. The average Bonchev–Trinajstić information content (AvgIpc) is 2.19. The molecule has 0 spiro atoms. The monoisotopic (exact) mass is 193 g/mol. The highest BCUT2D eigenvalue weighted by Gasteiger charge is 2.00. The van der Waals surface area contributed by atoms with Crippen LogP contribution in [0.4, 0.5) is 11.5 Å². The van der Waals surface area contributed by atoms with Gasteiger partial charge in [-0.15, -0.1) is 0 Å². The molecular weight excluding hydrogens is 174 g/mol. The molecule has 1 aromatic heterocycles. The molecule has 0 aliphatic carbocycles. The summed E-state index contributed by atoms with van der Waals surface area (Å²) in [6, 6.07) is 1.98. The van der Waals surface area contributed by atoms with E-state index in [9.17, 15) is 0 Å². The first-order chi connectivity index (χ1) is 6.63. The molecular formula is C11H19N3. The first kappa shape index (κ1) is 10.8. The number of pyridine rings is 1. The lowest BCUT2D eigenvalue weighted by molar-refractivity contribution is 0.592. The van der Waals surface area contributed by atoms with Gasteiger partial charge in [-0.2, -0.15) is 0 Å². The summed E-state index contributed by atoms with van der Waals surface area (Å²) >= 11 is 0. The summed E-state index contributed by atoms with van der Waals surface area (Å²) in [6.07, 6.45) is 2.88. The predicted octanol–water partition coefficient (Wildman–Crippen LogP) is 2.43. The summed E-state index contributed by atoms with van der Waals surface area (Å²) in [5.74, 6) is 1.59. The molecule has 0 aliphatic rings. The van der Waals surface area contributed by atoms with Crippen molar-refractivity contribution in [3.63, 3.8) is 0 Å². The highest BCUT2D eigenvalue weighted by atomic mass is 15.0. The molecule has 0 aromatic carbocycles. The van der Waals surface area contributed by atoms with Crippen LogP contribution >= 0.6 is 0 Å². The fourth-order valence-electron chi connectivity index (χ4n) is 1.09. The Labute approximate surface area is 85.7 Å². The quantitative estimate of drug-likeness (QED) is 0.772. The van der Waals surface area contributed by atoms with Crippen LogP contribution in [0.1, 0.15) is 25.8 Å². The van der Waals surface area contributed by atoms with E-state index in [0.717, 1.165) is 23.6 Å². The zero-order valence-corrected chi connectivity index (χ0v) is 9.17. The standard InChI is InChI=1S/C11H19N3/c1-4-8(2)6-13-11-5-9(3)10(12)7-14-11/h5,7-8H,4,6,12H2,1-3H3,(H,13,14). The van der Waals surface area contributed by atoms with Crippen LogP contribution in [-0.2, 0) is 0 Å². The third-order valence-corrected chi connectivity index (χ3v) is 2.48. The second kappa shape index (κ2) is 4.84. The van der Waals surface area contributed by atoms with Crippen molar-refractivity contribution in [1.82, 2.24) is 4.98 Å². The number of aryl methyl sites for hydroxylation is 1. The van der Waals surface area contributed by atoms with Crippen LogP contribution in [0.15, 0.2) is 12.3 Å². The summed E-state index contributed by atoms with van der Waals surface area (Å²) in [7, 11) is 0. The van der Waals surface area contributed by atoms with Crippen LogP contribution in [-0.4, -0.2) is 11.5 Å². The Morgan fingerprint density at radius 2 is 2.29 bits per heavy atom. The molecule has 1 rings (SSSR count). The second-order valence-corrected chi connectivity index (χ2v) is 3.82. The molecule has 0 saturated heterocycles. The van der Waals surface area contributed by atoms with Gasteiger partial charge in [0.15, 0.2) is 0 Å². The Bertz CT molecular complexity index is 297. The number of anilines is 2. The van der Waals surface area contributed by atoms with Crippen molar-refractivity contribution in [3.8, 4) is 0 Å². The van der Waals surface area contributed by atoms with Gasteiger partial charge in [-0.3, -0.25) is 0 Å². The van der Waals surface area contributed by atoms with E-state index in [4.69, 9.17) is 5.73 Å². The smallest absolute Gasteiger partial charge is 0.126 e. The van der Waals surface area contributed by atoms with Crippen molar-refractivity contribution in [3.05, 3.63) is 17.8 Å². The Kier molecular flexibility index (Phi) is 3.74. The highest BCUT2D eigenvalue weighted by molar-refractivity contribution is 5.50. The van der Waals surface area contributed by atoms with Gasteiger partial charge in [-0.1, -0.05) is 20.3 Å². The van der Waals surface area contributed by atoms with E-state index in [1.54, 1.807) is 6.20 Å². The van der Waals surface area contributed by atoms with E-state index >= 15 is 0 Å². The molecule has 0 fully saturated rings. The molecule has 1 aromatic rings. The average molecular weight is 193 g/mol. The number of aromatic nitrogens is 1. The first-order valence-electron chi connectivity index (χ1n) is 5.09. The largest absolute Gasteiger partial charge is 0.397 e. The van der Waals surface area contributed by atoms with Crippen molar-refractivity contribution >= 4 is 11.5 Å². The number of hydrogen-bond acceptors (Lipinski definition) is 3. The number of nitrogens with one attached hydrogen (secondary N) is 1. The fraction of sp³-hybridized carbons (Fsp3) is 0.545. The Morgan fingerprint density at radius 1 is 1.57 bits per heavy atom. The molecule has 78 valence electrons. The zero-order chi connectivity index (χ0) is 10.6. The molecule has 1 heterocycles. The van der Waals surface area contributed by atoms with Crippen molar-refractivity contribution < 1.29 is 0 Å². The minimum atomic E-state index is 0.676. The summed E-state index contributed by atoms with van der Waals surface area (Å²) in [5, 5.41) is 3.30. The van der Waals surface area contributed by atoms with Gasteiger partial charge in [0.05, 0.1) is 11.9 Å². The molecule has 0 saturated carbocycles. The van der Waals surface area contributed by atoms with Crippen molar-refractivity contribution in [2.75, 3.05) is 17.6 Å². The maximum atomic E-state index is 5.68. The van der Waals surface area contributed by atoms with Crippen LogP contribution in [0.25, 0.3) is 0 Å². The molecule has 3 nitrogen and oxygen atoms in total. The molecule has 14 heavy (non-hydrogen) atoms. The van der Waals surface area contributed by atoms with Gasteiger partial charge >= 0.3 is 0 Å². The summed E-state index contributed by atoms with van der Waals surface area (Å²) in [4.78, 5) is 4.21. The van der Waals surface area contributed by atoms with Gasteiger partial charge in [0.1, 0.15) is 5.82 Å². The lowest BCUT2D eigenvalue weighted by Crippen LogP contribution is -2.11. The number of hydrogen-bond donors (Lipinski definition) is 2. The van der Waals surface area contributed by atoms with Crippen LogP contribution in [0.5, 0.6) is 0 Å². The van der Waals surface area contributed by atoms with Gasteiger partial charge in [0.2, 0.25) is 0 Å². The van der Waals surface area contributed by atoms with Gasteiger partial charge in [-0.05, 0) is 24.5 Å². The van der Waals surface area contributed by atoms with E-state index in [1.165, 1.54) is 6.42 Å². The molecule has 1 unspecified atom stereocenters. The first-order valence-corrected chi connectivity index (χ1v) is 5.09. The Hall–Kier alpha value is -1.25. The number of rotatable bonds is 4. The van der Waals surface area contributed by atoms with Crippen molar-refractivity contribution in [2.24, 2.45) is 5.92 Å². The molecule has 0 amide bonds. The highest BCUT2D eigenvalue weighted by Crippen LogP contribution is 2.13. The van der Waals surface area contributed by atoms with Gasteiger partial charge < -0.3 is 11.1 Å². The van der Waals surface area contributed by atoms with E-state index in [0.29, 0.717) is 5.92 Å². The van der Waals surface area contributed by atoms with Crippen LogP contribution in [0, 0.1) is 12.8 Å².